The molecule has 0 radical (unpaired) electrons. The van der Waals surface area contributed by atoms with Crippen molar-refractivity contribution in [3.63, 3.8) is 0 Å². The van der Waals surface area contributed by atoms with Crippen LogP contribution in [-0.4, -0.2) is 36.1 Å². The summed E-state index contributed by atoms with van der Waals surface area (Å²) in [6.45, 7) is 1.92. The van der Waals surface area contributed by atoms with Gasteiger partial charge in [0, 0.05) is 18.1 Å². The number of rotatable bonds is 6. The first-order valence-corrected chi connectivity index (χ1v) is 7.28. The molecule has 5 nitrogen and oxygen atoms in total. The van der Waals surface area contributed by atoms with Crippen molar-refractivity contribution >= 4 is 27.6 Å². The van der Waals surface area contributed by atoms with Gasteiger partial charge in [0.15, 0.2) is 5.75 Å². The first kappa shape index (κ1) is 14.9. The Morgan fingerprint density at radius 1 is 1.39 bits per heavy atom. The quantitative estimate of drug-likeness (QED) is 0.863. The van der Waals surface area contributed by atoms with Crippen molar-refractivity contribution in [1.82, 2.24) is 4.31 Å². The van der Waals surface area contributed by atoms with Gasteiger partial charge in [-0.05, 0) is 11.6 Å². The molecular formula is C11H14ClNO4S. The second-order valence-electron chi connectivity index (χ2n) is 3.67. The molecule has 18 heavy (non-hydrogen) atoms. The normalized spacial score (nSPS) is 11.7. The Morgan fingerprint density at radius 2 is 2.00 bits per heavy atom. The molecule has 100 valence electrons. The molecular weight excluding hydrogens is 278 g/mol. The van der Waals surface area contributed by atoms with E-state index in [1.54, 1.807) is 31.2 Å². The van der Waals surface area contributed by atoms with Crippen molar-refractivity contribution in [2.45, 2.75) is 13.5 Å². The highest BCUT2D eigenvalue weighted by Crippen LogP contribution is 2.18. The number of hydrogen-bond acceptors (Lipinski definition) is 3. The molecule has 0 aliphatic heterocycles. The Morgan fingerprint density at radius 3 is 2.50 bits per heavy atom. The predicted octanol–water partition coefficient (Wildman–Crippen LogP) is 1.58. The average Bonchev–Trinajstić information content (AvgIpc) is 2.25. The molecule has 1 aromatic carbocycles. The zero-order chi connectivity index (χ0) is 13.8. The van der Waals surface area contributed by atoms with Gasteiger partial charge in [-0.2, -0.15) is 4.31 Å². The van der Waals surface area contributed by atoms with Crippen LogP contribution in [0.15, 0.2) is 24.3 Å². The maximum atomic E-state index is 11.8. The summed E-state index contributed by atoms with van der Waals surface area (Å²) in [5.74, 6) is -2.28. The van der Waals surface area contributed by atoms with Gasteiger partial charge in [-0.1, -0.05) is 36.7 Å². The molecule has 0 fully saturated rings. The number of halogens is 1. The van der Waals surface area contributed by atoms with Crippen LogP contribution >= 0.6 is 11.6 Å². The lowest BCUT2D eigenvalue weighted by Gasteiger charge is -2.20. The van der Waals surface area contributed by atoms with Gasteiger partial charge >= 0.3 is 5.97 Å². The van der Waals surface area contributed by atoms with Crippen LogP contribution in [0.2, 0.25) is 5.02 Å². The van der Waals surface area contributed by atoms with Crippen molar-refractivity contribution < 1.29 is 18.3 Å². The minimum atomic E-state index is -3.81. The van der Waals surface area contributed by atoms with Crippen molar-refractivity contribution in [2.24, 2.45) is 0 Å². The Hall–Kier alpha value is -1.11. The number of carboxylic acid groups (broad SMARTS) is 1. The highest BCUT2D eigenvalue weighted by molar-refractivity contribution is 7.89. The zero-order valence-corrected chi connectivity index (χ0v) is 11.4. The fourth-order valence-corrected chi connectivity index (χ4v) is 2.89. The summed E-state index contributed by atoms with van der Waals surface area (Å²) in [5.41, 5.74) is 0.648. The van der Waals surface area contributed by atoms with E-state index in [1.165, 1.54) is 0 Å². The van der Waals surface area contributed by atoms with Crippen LogP contribution in [0.3, 0.4) is 0 Å². The second kappa shape index (κ2) is 6.17. The Kier molecular flexibility index (Phi) is 5.13. The molecule has 0 atom stereocenters. The number of nitrogens with zero attached hydrogens (tertiary/aromatic N) is 1. The number of carbonyl (C=O) groups is 1. The first-order valence-electron chi connectivity index (χ1n) is 5.30. The van der Waals surface area contributed by atoms with E-state index in [4.69, 9.17) is 16.7 Å². The number of benzene rings is 1. The van der Waals surface area contributed by atoms with Crippen LogP contribution in [-0.2, 0) is 21.4 Å². The van der Waals surface area contributed by atoms with Crippen LogP contribution in [0.25, 0.3) is 0 Å². The molecule has 1 aromatic rings. The number of hydrogen-bond donors (Lipinski definition) is 1. The Balaban J connectivity index is 2.92. The third kappa shape index (κ3) is 3.97. The van der Waals surface area contributed by atoms with Crippen LogP contribution in [0.1, 0.15) is 12.5 Å². The highest BCUT2D eigenvalue weighted by atomic mass is 35.5. The highest BCUT2D eigenvalue weighted by Gasteiger charge is 2.24. The summed E-state index contributed by atoms with van der Waals surface area (Å²) >= 11 is 5.94. The molecule has 0 amide bonds. The Bertz CT molecular complexity index is 530. The Labute approximate surface area is 111 Å². The number of aliphatic carboxylic acids is 1. The maximum absolute atomic E-state index is 11.8. The van der Waals surface area contributed by atoms with E-state index in [0.717, 1.165) is 4.31 Å². The van der Waals surface area contributed by atoms with E-state index in [-0.39, 0.29) is 13.1 Å². The summed E-state index contributed by atoms with van der Waals surface area (Å²) in [7, 11) is -3.81. The molecule has 0 saturated heterocycles. The average molecular weight is 292 g/mol. The summed E-state index contributed by atoms with van der Waals surface area (Å²) < 4.78 is 24.7. The van der Waals surface area contributed by atoms with Gasteiger partial charge in [-0.3, -0.25) is 4.79 Å². The van der Waals surface area contributed by atoms with Crippen molar-refractivity contribution in [2.75, 3.05) is 12.3 Å². The van der Waals surface area contributed by atoms with Gasteiger partial charge in [0.25, 0.3) is 0 Å². The molecule has 0 saturated carbocycles. The minimum absolute atomic E-state index is 0.0752. The van der Waals surface area contributed by atoms with Gasteiger partial charge < -0.3 is 5.11 Å². The molecule has 0 spiro atoms. The van der Waals surface area contributed by atoms with E-state index in [1.807, 2.05) is 0 Å². The predicted molar refractivity (Wildman–Crippen MR) is 69.0 cm³/mol. The second-order valence-corrected chi connectivity index (χ2v) is 6.04. The van der Waals surface area contributed by atoms with Gasteiger partial charge in [-0.15, -0.1) is 0 Å². The van der Waals surface area contributed by atoms with Crippen LogP contribution < -0.4 is 0 Å². The maximum Gasteiger partial charge on any atom is 0.320 e. The fraction of sp³-hybridized carbons (Fsp3) is 0.364. The van der Waals surface area contributed by atoms with Gasteiger partial charge in [0.2, 0.25) is 10.0 Å². The third-order valence-corrected chi connectivity index (χ3v) is 4.51. The monoisotopic (exact) mass is 291 g/mol. The van der Waals surface area contributed by atoms with Crippen molar-refractivity contribution in [1.29, 1.82) is 0 Å². The molecule has 7 heteroatoms. The zero-order valence-electron chi connectivity index (χ0n) is 9.84. The lowest BCUT2D eigenvalue weighted by molar-refractivity contribution is -0.134. The molecule has 0 unspecified atom stereocenters. The van der Waals surface area contributed by atoms with Gasteiger partial charge in [0.05, 0.1) is 0 Å². The molecule has 1 N–H and O–H groups in total. The van der Waals surface area contributed by atoms with Gasteiger partial charge in [-0.25, -0.2) is 8.42 Å². The van der Waals surface area contributed by atoms with E-state index in [9.17, 15) is 13.2 Å². The topological polar surface area (TPSA) is 74.7 Å². The minimum Gasteiger partial charge on any atom is -0.480 e. The summed E-state index contributed by atoms with van der Waals surface area (Å²) in [5, 5.41) is 9.04. The van der Waals surface area contributed by atoms with Crippen LogP contribution in [0.5, 0.6) is 0 Å². The fourth-order valence-electron chi connectivity index (χ4n) is 1.47. The largest absolute Gasteiger partial charge is 0.480 e. The molecule has 0 heterocycles. The van der Waals surface area contributed by atoms with Crippen molar-refractivity contribution in [3.05, 3.63) is 34.9 Å². The molecule has 0 bridgehead atoms. The lowest BCUT2D eigenvalue weighted by atomic mass is 10.2. The van der Waals surface area contributed by atoms with E-state index >= 15 is 0 Å². The standard InChI is InChI=1S/C11H14ClNO4S/c1-2-13(18(16,17)8-11(14)15)7-9-5-3-4-6-10(9)12/h3-6H,2,7-8H2,1H3,(H,14,15). The molecule has 0 aliphatic carbocycles. The van der Waals surface area contributed by atoms with Crippen molar-refractivity contribution in [3.8, 4) is 0 Å². The molecule has 0 aliphatic rings. The van der Waals surface area contributed by atoms with E-state index in [2.05, 4.69) is 0 Å². The van der Waals surface area contributed by atoms with Crippen LogP contribution in [0.4, 0.5) is 0 Å². The van der Waals surface area contributed by atoms with Gasteiger partial charge in [0.1, 0.15) is 0 Å². The summed E-state index contributed by atoms with van der Waals surface area (Å²) in [4.78, 5) is 10.5. The van der Waals surface area contributed by atoms with Crippen LogP contribution in [0, 0.1) is 0 Å². The molecule has 0 aromatic heterocycles. The summed E-state index contributed by atoms with van der Waals surface area (Å²) in [6.07, 6.45) is 0. The SMILES string of the molecule is CCN(Cc1ccccc1Cl)S(=O)(=O)CC(=O)O. The molecule has 1 rings (SSSR count). The van der Waals surface area contributed by atoms with E-state index in [0.29, 0.717) is 10.6 Å². The summed E-state index contributed by atoms with van der Waals surface area (Å²) in [6, 6.07) is 6.86. The first-order chi connectivity index (χ1) is 8.36. The lowest BCUT2D eigenvalue weighted by Crippen LogP contribution is -2.34. The smallest absolute Gasteiger partial charge is 0.320 e. The third-order valence-electron chi connectivity index (χ3n) is 2.36. The number of sulfonamides is 1. The number of carboxylic acids is 1. The van der Waals surface area contributed by atoms with E-state index < -0.39 is 21.7 Å².